The SMILES string of the molecule is COc1ccc([C@@H]2C=C(C)Nc3ncnn32)cc1. The number of benzene rings is 1. The van der Waals surface area contributed by atoms with Gasteiger partial charge in [-0.25, -0.2) is 4.68 Å². The van der Waals surface area contributed by atoms with Crippen molar-refractivity contribution in [2.45, 2.75) is 13.0 Å². The van der Waals surface area contributed by atoms with E-state index >= 15 is 0 Å². The van der Waals surface area contributed by atoms with Crippen LogP contribution in [0.5, 0.6) is 5.75 Å². The van der Waals surface area contributed by atoms with Crippen LogP contribution in [0.15, 0.2) is 42.4 Å². The molecule has 0 bridgehead atoms. The molecule has 5 heteroatoms. The lowest BCUT2D eigenvalue weighted by Gasteiger charge is -2.22. The van der Waals surface area contributed by atoms with Gasteiger partial charge < -0.3 is 10.1 Å². The first-order valence-corrected chi connectivity index (χ1v) is 5.77. The Kier molecular flexibility index (Phi) is 2.51. The molecule has 0 saturated carbocycles. The molecule has 0 spiro atoms. The number of anilines is 1. The predicted molar refractivity (Wildman–Crippen MR) is 68.5 cm³/mol. The summed E-state index contributed by atoms with van der Waals surface area (Å²) in [5.74, 6) is 1.63. The molecule has 0 amide bonds. The molecule has 0 aliphatic carbocycles. The summed E-state index contributed by atoms with van der Waals surface area (Å²) in [6.07, 6.45) is 3.69. The van der Waals surface area contributed by atoms with E-state index in [9.17, 15) is 0 Å². The van der Waals surface area contributed by atoms with Gasteiger partial charge in [0.25, 0.3) is 0 Å². The van der Waals surface area contributed by atoms with Crippen LogP contribution in [0.1, 0.15) is 18.5 Å². The van der Waals surface area contributed by atoms with Gasteiger partial charge in [-0.2, -0.15) is 10.1 Å². The molecule has 0 saturated heterocycles. The summed E-state index contributed by atoms with van der Waals surface area (Å²) in [6.45, 7) is 2.02. The molecule has 0 fully saturated rings. The topological polar surface area (TPSA) is 52.0 Å². The van der Waals surface area contributed by atoms with Crippen molar-refractivity contribution < 1.29 is 4.74 Å². The van der Waals surface area contributed by atoms with Crippen molar-refractivity contribution in [3.8, 4) is 5.75 Å². The van der Waals surface area contributed by atoms with Gasteiger partial charge in [0.2, 0.25) is 5.95 Å². The molecule has 18 heavy (non-hydrogen) atoms. The first-order chi connectivity index (χ1) is 8.78. The Morgan fingerprint density at radius 1 is 1.28 bits per heavy atom. The maximum atomic E-state index is 5.17. The Hall–Kier alpha value is -2.30. The van der Waals surface area contributed by atoms with Gasteiger partial charge in [0, 0.05) is 5.70 Å². The maximum absolute atomic E-state index is 5.17. The minimum atomic E-state index is 0.0784. The van der Waals surface area contributed by atoms with E-state index in [-0.39, 0.29) is 6.04 Å². The average molecular weight is 242 g/mol. The smallest absolute Gasteiger partial charge is 0.226 e. The number of hydrogen-bond acceptors (Lipinski definition) is 4. The van der Waals surface area contributed by atoms with E-state index in [2.05, 4.69) is 21.5 Å². The van der Waals surface area contributed by atoms with Crippen LogP contribution in [0.2, 0.25) is 0 Å². The van der Waals surface area contributed by atoms with Crippen LogP contribution in [0.25, 0.3) is 0 Å². The van der Waals surface area contributed by atoms with Gasteiger partial charge >= 0.3 is 0 Å². The summed E-state index contributed by atoms with van der Waals surface area (Å²) in [5.41, 5.74) is 2.24. The van der Waals surface area contributed by atoms with E-state index in [1.807, 2.05) is 35.9 Å². The standard InChI is InChI=1S/C13H14N4O/c1-9-7-12(17-13(16-9)14-8-15-17)10-3-5-11(18-2)6-4-10/h3-8,12H,1-2H3,(H,14,15,16)/t12-/m0/s1. The molecule has 2 heterocycles. The molecular weight excluding hydrogens is 228 g/mol. The number of aromatic nitrogens is 3. The molecule has 2 aromatic rings. The van der Waals surface area contributed by atoms with Crippen molar-refractivity contribution in [3.05, 3.63) is 47.9 Å². The zero-order valence-electron chi connectivity index (χ0n) is 10.3. The number of hydrogen-bond donors (Lipinski definition) is 1. The fourth-order valence-corrected chi connectivity index (χ4v) is 2.11. The highest BCUT2D eigenvalue weighted by Gasteiger charge is 2.20. The Labute approximate surface area is 105 Å². The minimum absolute atomic E-state index is 0.0784. The molecule has 0 unspecified atom stereocenters. The number of ether oxygens (including phenoxy) is 1. The van der Waals surface area contributed by atoms with E-state index in [4.69, 9.17) is 4.74 Å². The molecule has 92 valence electrons. The van der Waals surface area contributed by atoms with Crippen molar-refractivity contribution >= 4 is 5.95 Å². The van der Waals surface area contributed by atoms with Gasteiger partial charge in [-0.05, 0) is 30.7 Å². The number of methoxy groups -OCH3 is 1. The van der Waals surface area contributed by atoms with Crippen molar-refractivity contribution in [2.75, 3.05) is 12.4 Å². The Morgan fingerprint density at radius 2 is 2.06 bits per heavy atom. The molecule has 1 aromatic carbocycles. The first kappa shape index (κ1) is 10.8. The molecular formula is C13H14N4O. The summed E-state index contributed by atoms with van der Waals surface area (Å²) >= 11 is 0. The summed E-state index contributed by atoms with van der Waals surface area (Å²) in [7, 11) is 1.67. The number of fused-ring (bicyclic) bond motifs is 1. The van der Waals surface area contributed by atoms with E-state index in [1.54, 1.807) is 13.4 Å². The fourth-order valence-electron chi connectivity index (χ4n) is 2.11. The van der Waals surface area contributed by atoms with Crippen LogP contribution in [0, 0.1) is 0 Å². The molecule has 1 aromatic heterocycles. The summed E-state index contributed by atoms with van der Waals surface area (Å²) in [4.78, 5) is 4.19. The normalized spacial score (nSPS) is 17.7. The van der Waals surface area contributed by atoms with E-state index < -0.39 is 0 Å². The van der Waals surface area contributed by atoms with Gasteiger partial charge in [0.05, 0.1) is 7.11 Å². The second-order valence-electron chi connectivity index (χ2n) is 4.22. The first-order valence-electron chi connectivity index (χ1n) is 5.77. The molecule has 3 rings (SSSR count). The number of rotatable bonds is 2. The number of nitrogens with one attached hydrogen (secondary N) is 1. The highest BCUT2D eigenvalue weighted by atomic mass is 16.5. The highest BCUT2D eigenvalue weighted by Crippen LogP contribution is 2.28. The minimum Gasteiger partial charge on any atom is -0.497 e. The van der Waals surface area contributed by atoms with Crippen LogP contribution in [-0.4, -0.2) is 21.9 Å². The second-order valence-corrected chi connectivity index (χ2v) is 4.22. The zero-order chi connectivity index (χ0) is 12.5. The third-order valence-corrected chi connectivity index (χ3v) is 3.01. The van der Waals surface area contributed by atoms with Crippen LogP contribution >= 0.6 is 0 Å². The van der Waals surface area contributed by atoms with Gasteiger partial charge in [0.1, 0.15) is 18.1 Å². The van der Waals surface area contributed by atoms with Gasteiger partial charge in [0.15, 0.2) is 0 Å². The third kappa shape index (κ3) is 1.73. The lowest BCUT2D eigenvalue weighted by Crippen LogP contribution is -2.19. The van der Waals surface area contributed by atoms with Crippen LogP contribution in [0.4, 0.5) is 5.95 Å². The fraction of sp³-hybridized carbons (Fsp3) is 0.231. The predicted octanol–water partition coefficient (Wildman–Crippen LogP) is 2.21. The van der Waals surface area contributed by atoms with Gasteiger partial charge in [-0.3, -0.25) is 0 Å². The van der Waals surface area contributed by atoms with Crippen molar-refractivity contribution in [1.82, 2.24) is 14.8 Å². The van der Waals surface area contributed by atoms with E-state index in [0.29, 0.717) is 0 Å². The molecule has 1 N–H and O–H groups in total. The average Bonchev–Trinajstić information content (AvgIpc) is 2.86. The number of allylic oxidation sites excluding steroid dienone is 2. The number of nitrogens with zero attached hydrogens (tertiary/aromatic N) is 3. The van der Waals surface area contributed by atoms with E-state index in [0.717, 1.165) is 23.0 Å². The van der Waals surface area contributed by atoms with Crippen molar-refractivity contribution in [3.63, 3.8) is 0 Å². The highest BCUT2D eigenvalue weighted by molar-refractivity contribution is 5.42. The maximum Gasteiger partial charge on any atom is 0.226 e. The molecule has 1 atom stereocenters. The second kappa shape index (κ2) is 4.18. The Bertz CT molecular complexity index is 585. The van der Waals surface area contributed by atoms with Crippen molar-refractivity contribution in [1.29, 1.82) is 0 Å². The Morgan fingerprint density at radius 3 is 2.78 bits per heavy atom. The summed E-state index contributed by atoms with van der Waals surface area (Å²) in [6, 6.07) is 8.08. The zero-order valence-corrected chi connectivity index (χ0v) is 10.3. The molecule has 0 radical (unpaired) electrons. The molecule has 1 aliphatic rings. The van der Waals surface area contributed by atoms with Crippen molar-refractivity contribution in [2.24, 2.45) is 0 Å². The van der Waals surface area contributed by atoms with Crippen LogP contribution in [-0.2, 0) is 0 Å². The third-order valence-electron chi connectivity index (χ3n) is 3.01. The molecule has 5 nitrogen and oxygen atoms in total. The van der Waals surface area contributed by atoms with Crippen LogP contribution < -0.4 is 10.1 Å². The van der Waals surface area contributed by atoms with Crippen LogP contribution in [0.3, 0.4) is 0 Å². The quantitative estimate of drug-likeness (QED) is 0.877. The summed E-state index contributed by atoms with van der Waals surface area (Å²) in [5, 5.41) is 7.45. The van der Waals surface area contributed by atoms with Gasteiger partial charge in [-0.1, -0.05) is 12.1 Å². The lowest BCUT2D eigenvalue weighted by molar-refractivity contribution is 0.414. The summed E-state index contributed by atoms with van der Waals surface area (Å²) < 4.78 is 7.04. The Balaban J connectivity index is 2.02. The molecule has 1 aliphatic heterocycles. The van der Waals surface area contributed by atoms with Gasteiger partial charge in [-0.15, -0.1) is 0 Å². The monoisotopic (exact) mass is 242 g/mol. The van der Waals surface area contributed by atoms with E-state index in [1.165, 1.54) is 0 Å². The lowest BCUT2D eigenvalue weighted by atomic mass is 10.0. The largest absolute Gasteiger partial charge is 0.497 e.